The van der Waals surface area contributed by atoms with Crippen LogP contribution in [0, 0.1) is 11.7 Å². The fourth-order valence-electron chi connectivity index (χ4n) is 3.03. The van der Waals surface area contributed by atoms with Gasteiger partial charge in [-0.1, -0.05) is 20.3 Å². The molecule has 0 bridgehead atoms. The molecule has 2 atom stereocenters. The zero-order chi connectivity index (χ0) is 16.3. The van der Waals surface area contributed by atoms with Crippen molar-refractivity contribution in [1.29, 1.82) is 0 Å². The minimum absolute atomic E-state index is 0.154. The molecule has 6 heteroatoms. The second kappa shape index (κ2) is 6.96. The predicted molar refractivity (Wildman–Crippen MR) is 78.0 cm³/mol. The number of halogens is 4. The van der Waals surface area contributed by atoms with Crippen molar-refractivity contribution in [1.82, 2.24) is 10.2 Å². The monoisotopic (exact) mass is 318 g/mol. The molecule has 2 nitrogen and oxygen atoms in total. The van der Waals surface area contributed by atoms with Gasteiger partial charge in [-0.05, 0) is 29.7 Å². The fourth-order valence-corrected chi connectivity index (χ4v) is 3.03. The van der Waals surface area contributed by atoms with Crippen molar-refractivity contribution in [3.05, 3.63) is 35.1 Å². The zero-order valence-electron chi connectivity index (χ0n) is 12.9. The largest absolute Gasteiger partial charge is 0.416 e. The van der Waals surface area contributed by atoms with Crippen LogP contribution in [-0.2, 0) is 6.18 Å². The number of nitrogens with one attached hydrogen (secondary N) is 1. The Hall–Kier alpha value is -1.14. The summed E-state index contributed by atoms with van der Waals surface area (Å²) >= 11 is 0. The summed E-state index contributed by atoms with van der Waals surface area (Å²) in [5.74, 6) is -0.672. The van der Waals surface area contributed by atoms with Crippen LogP contribution in [0.2, 0.25) is 0 Å². The Balaban J connectivity index is 2.40. The van der Waals surface area contributed by atoms with E-state index in [1.54, 1.807) is 0 Å². The molecular weight excluding hydrogens is 296 g/mol. The van der Waals surface area contributed by atoms with Gasteiger partial charge in [0.25, 0.3) is 0 Å². The summed E-state index contributed by atoms with van der Waals surface area (Å²) in [4.78, 5) is 2.15. The van der Waals surface area contributed by atoms with E-state index in [2.05, 4.69) is 10.2 Å². The lowest BCUT2D eigenvalue weighted by atomic mass is 9.89. The molecule has 0 amide bonds. The quantitative estimate of drug-likeness (QED) is 0.849. The first kappa shape index (κ1) is 17.2. The summed E-state index contributed by atoms with van der Waals surface area (Å²) in [5, 5.41) is 3.23. The van der Waals surface area contributed by atoms with Crippen LogP contribution in [0.15, 0.2) is 18.2 Å². The van der Waals surface area contributed by atoms with Crippen molar-refractivity contribution in [2.45, 2.75) is 32.5 Å². The first-order chi connectivity index (χ1) is 10.3. The molecule has 22 heavy (non-hydrogen) atoms. The minimum atomic E-state index is -4.53. The lowest BCUT2D eigenvalue weighted by Gasteiger charge is -2.38. The van der Waals surface area contributed by atoms with Crippen molar-refractivity contribution < 1.29 is 17.6 Å². The maximum atomic E-state index is 13.7. The molecule has 0 saturated carbocycles. The molecule has 0 aliphatic carbocycles. The normalized spacial score (nSPS) is 19.9. The Morgan fingerprint density at radius 2 is 1.82 bits per heavy atom. The van der Waals surface area contributed by atoms with Gasteiger partial charge >= 0.3 is 6.18 Å². The Labute approximate surface area is 128 Å². The van der Waals surface area contributed by atoms with E-state index in [-0.39, 0.29) is 12.0 Å². The third-order valence-corrected chi connectivity index (χ3v) is 4.32. The molecule has 1 aliphatic heterocycles. The van der Waals surface area contributed by atoms with Gasteiger partial charge in [0, 0.05) is 32.2 Å². The van der Waals surface area contributed by atoms with Crippen molar-refractivity contribution in [3.8, 4) is 0 Å². The Morgan fingerprint density at radius 3 is 2.36 bits per heavy atom. The van der Waals surface area contributed by atoms with E-state index in [0.29, 0.717) is 11.6 Å². The molecule has 1 aromatic rings. The van der Waals surface area contributed by atoms with Crippen molar-refractivity contribution >= 4 is 0 Å². The summed E-state index contributed by atoms with van der Waals surface area (Å²) in [5.41, 5.74) is -0.491. The van der Waals surface area contributed by atoms with Crippen LogP contribution < -0.4 is 5.32 Å². The number of rotatable bonds is 4. The molecule has 124 valence electrons. The second-order valence-electron chi connectivity index (χ2n) is 5.89. The average molecular weight is 318 g/mol. The van der Waals surface area contributed by atoms with Crippen molar-refractivity contribution in [2.24, 2.45) is 5.92 Å². The molecule has 1 saturated heterocycles. The molecule has 0 spiro atoms. The first-order valence-electron chi connectivity index (χ1n) is 7.65. The van der Waals surface area contributed by atoms with E-state index >= 15 is 0 Å². The zero-order valence-corrected chi connectivity index (χ0v) is 12.9. The number of benzene rings is 1. The molecule has 2 rings (SSSR count). The molecule has 1 fully saturated rings. The number of hydrogen-bond donors (Lipinski definition) is 1. The Bertz CT molecular complexity index is 495. The van der Waals surface area contributed by atoms with Crippen LogP contribution in [0.5, 0.6) is 0 Å². The van der Waals surface area contributed by atoms with Gasteiger partial charge in [0.1, 0.15) is 5.82 Å². The molecule has 1 aliphatic rings. The standard InChI is InChI=1S/C16H22F4N2/c1-3-11(2)15(22-6-4-21-5-7-22)12-8-13(16(18,19)20)10-14(17)9-12/h8-11,15,21H,3-7H2,1-2H3/t11?,15-/m1/s1. The van der Waals surface area contributed by atoms with Crippen LogP contribution in [0.25, 0.3) is 0 Å². The Morgan fingerprint density at radius 1 is 1.18 bits per heavy atom. The number of nitrogens with zero attached hydrogens (tertiary/aromatic N) is 1. The third kappa shape index (κ3) is 3.98. The lowest BCUT2D eigenvalue weighted by Crippen LogP contribution is -2.46. The highest BCUT2D eigenvalue weighted by Gasteiger charge is 2.34. The summed E-state index contributed by atoms with van der Waals surface area (Å²) in [6, 6.07) is 2.72. The Kier molecular flexibility index (Phi) is 5.45. The molecule has 1 heterocycles. The number of alkyl halides is 3. The second-order valence-corrected chi connectivity index (χ2v) is 5.89. The van der Waals surface area contributed by atoms with Gasteiger partial charge in [-0.25, -0.2) is 4.39 Å². The SMILES string of the molecule is CCC(C)[C@H](c1cc(F)cc(C(F)(F)F)c1)N1CCNCC1. The highest BCUT2D eigenvalue weighted by molar-refractivity contribution is 5.29. The van der Waals surface area contributed by atoms with Crippen LogP contribution in [0.3, 0.4) is 0 Å². The topological polar surface area (TPSA) is 15.3 Å². The molecule has 0 radical (unpaired) electrons. The highest BCUT2D eigenvalue weighted by Crippen LogP contribution is 2.36. The number of piperazine rings is 1. The maximum absolute atomic E-state index is 13.7. The fraction of sp³-hybridized carbons (Fsp3) is 0.625. The molecule has 1 aromatic carbocycles. The van der Waals surface area contributed by atoms with Crippen molar-refractivity contribution in [2.75, 3.05) is 26.2 Å². The first-order valence-corrected chi connectivity index (χ1v) is 7.65. The molecule has 1 unspecified atom stereocenters. The third-order valence-electron chi connectivity index (χ3n) is 4.32. The van der Waals surface area contributed by atoms with Gasteiger partial charge in [-0.2, -0.15) is 13.2 Å². The van der Waals surface area contributed by atoms with Crippen LogP contribution >= 0.6 is 0 Å². The van der Waals surface area contributed by atoms with Gasteiger partial charge in [-0.3, -0.25) is 4.90 Å². The van der Waals surface area contributed by atoms with Crippen LogP contribution in [-0.4, -0.2) is 31.1 Å². The van der Waals surface area contributed by atoms with E-state index in [4.69, 9.17) is 0 Å². The van der Waals surface area contributed by atoms with Crippen LogP contribution in [0.4, 0.5) is 17.6 Å². The highest BCUT2D eigenvalue weighted by atomic mass is 19.4. The maximum Gasteiger partial charge on any atom is 0.416 e. The van der Waals surface area contributed by atoms with Gasteiger partial charge in [0.2, 0.25) is 0 Å². The average Bonchev–Trinajstić information content (AvgIpc) is 2.47. The predicted octanol–water partition coefficient (Wildman–Crippen LogP) is 3.84. The van der Waals surface area contributed by atoms with Crippen LogP contribution in [0.1, 0.15) is 37.4 Å². The van der Waals surface area contributed by atoms with Gasteiger partial charge < -0.3 is 5.32 Å². The van der Waals surface area contributed by atoms with Crippen molar-refractivity contribution in [3.63, 3.8) is 0 Å². The summed E-state index contributed by atoms with van der Waals surface area (Å²) < 4.78 is 52.6. The lowest BCUT2D eigenvalue weighted by molar-refractivity contribution is -0.137. The smallest absolute Gasteiger partial charge is 0.314 e. The van der Waals surface area contributed by atoms with Gasteiger partial charge in [0.05, 0.1) is 5.56 Å². The molecule has 1 N–H and O–H groups in total. The summed E-state index contributed by atoms with van der Waals surface area (Å²) in [6.07, 6.45) is -3.70. The minimum Gasteiger partial charge on any atom is -0.314 e. The number of hydrogen-bond acceptors (Lipinski definition) is 2. The van der Waals surface area contributed by atoms with E-state index in [9.17, 15) is 17.6 Å². The molecular formula is C16H22F4N2. The van der Waals surface area contributed by atoms with Gasteiger partial charge in [-0.15, -0.1) is 0 Å². The van der Waals surface area contributed by atoms with E-state index in [0.717, 1.165) is 38.7 Å². The van der Waals surface area contributed by atoms with Gasteiger partial charge in [0.15, 0.2) is 0 Å². The molecule has 0 aromatic heterocycles. The van der Waals surface area contributed by atoms with E-state index in [1.165, 1.54) is 6.07 Å². The summed E-state index contributed by atoms with van der Waals surface area (Å²) in [6.45, 7) is 7.12. The summed E-state index contributed by atoms with van der Waals surface area (Å²) in [7, 11) is 0. The van der Waals surface area contributed by atoms with E-state index < -0.39 is 17.6 Å². The van der Waals surface area contributed by atoms with E-state index in [1.807, 2.05) is 13.8 Å².